The summed E-state index contributed by atoms with van der Waals surface area (Å²) in [5, 5.41) is 5.21. The average Bonchev–Trinajstić information content (AvgIpc) is 2.76. The van der Waals surface area contributed by atoms with E-state index in [1.807, 2.05) is 36.4 Å². The van der Waals surface area contributed by atoms with Gasteiger partial charge < -0.3 is 10.1 Å². The molecule has 0 aliphatic heterocycles. The summed E-state index contributed by atoms with van der Waals surface area (Å²) in [6.07, 6.45) is -0.214. The molecule has 0 spiro atoms. The second kappa shape index (κ2) is 10.7. The lowest BCUT2D eigenvalue weighted by atomic mass is 10.1. The number of ether oxygens (including phenoxy) is 1. The van der Waals surface area contributed by atoms with Crippen LogP contribution in [-0.4, -0.2) is 24.3 Å². The van der Waals surface area contributed by atoms with Gasteiger partial charge in [0.1, 0.15) is 5.75 Å². The molecule has 3 amide bonds. The summed E-state index contributed by atoms with van der Waals surface area (Å²) in [6.45, 7) is -0.274. The van der Waals surface area contributed by atoms with Crippen LogP contribution in [0.1, 0.15) is 12.8 Å². The second-order valence-corrected chi connectivity index (χ2v) is 7.38. The van der Waals surface area contributed by atoms with E-state index in [0.717, 1.165) is 10.8 Å². The van der Waals surface area contributed by atoms with E-state index in [-0.39, 0.29) is 19.4 Å². The number of carbonyl (C=O) groups is 3. The largest absolute Gasteiger partial charge is 0.483 e. The highest BCUT2D eigenvalue weighted by Crippen LogP contribution is 2.26. The van der Waals surface area contributed by atoms with Crippen LogP contribution in [0.5, 0.6) is 5.75 Å². The van der Waals surface area contributed by atoms with Crippen molar-refractivity contribution in [2.24, 2.45) is 0 Å². The first-order valence-corrected chi connectivity index (χ1v) is 10.1. The van der Waals surface area contributed by atoms with Crippen LogP contribution >= 0.6 is 23.2 Å². The Bertz CT molecular complexity index is 1120. The summed E-state index contributed by atoms with van der Waals surface area (Å²) >= 11 is 11.8. The standard InChI is InChI=1S/C22H19Cl2N3O4/c23-15-8-9-18(17(24)12-15)25-20(28)10-11-21(29)26-27-22(30)13-31-19-7-3-5-14-4-1-2-6-16(14)19/h1-9,12H,10-11,13H2,(H,25,28)(H,26,29)(H,27,30). The lowest BCUT2D eigenvalue weighted by molar-refractivity contribution is -0.130. The summed E-state index contributed by atoms with van der Waals surface area (Å²) in [4.78, 5) is 35.8. The fourth-order valence-electron chi connectivity index (χ4n) is 2.73. The first-order valence-electron chi connectivity index (χ1n) is 9.35. The molecular formula is C22H19Cl2N3O4. The maximum Gasteiger partial charge on any atom is 0.276 e. The molecule has 3 aromatic carbocycles. The van der Waals surface area contributed by atoms with E-state index in [4.69, 9.17) is 27.9 Å². The number of amides is 3. The number of hydrogen-bond donors (Lipinski definition) is 3. The molecule has 0 heterocycles. The first kappa shape index (κ1) is 22.4. The van der Waals surface area contributed by atoms with Crippen LogP contribution in [0.4, 0.5) is 5.69 Å². The van der Waals surface area contributed by atoms with Gasteiger partial charge in [-0.3, -0.25) is 25.2 Å². The van der Waals surface area contributed by atoms with Gasteiger partial charge in [0.2, 0.25) is 11.8 Å². The number of carbonyl (C=O) groups excluding carboxylic acids is 3. The number of nitrogens with one attached hydrogen (secondary N) is 3. The predicted molar refractivity (Wildman–Crippen MR) is 120 cm³/mol. The molecule has 0 aliphatic rings. The van der Waals surface area contributed by atoms with Gasteiger partial charge in [-0.25, -0.2) is 0 Å². The first-order chi connectivity index (χ1) is 14.9. The van der Waals surface area contributed by atoms with Gasteiger partial charge in [-0.2, -0.15) is 0 Å². The molecule has 0 saturated carbocycles. The van der Waals surface area contributed by atoms with Crippen molar-refractivity contribution >= 4 is 57.4 Å². The van der Waals surface area contributed by atoms with Crippen molar-refractivity contribution in [3.63, 3.8) is 0 Å². The number of fused-ring (bicyclic) bond motifs is 1. The maximum atomic E-state index is 12.0. The van der Waals surface area contributed by atoms with E-state index in [1.165, 1.54) is 6.07 Å². The van der Waals surface area contributed by atoms with Crippen molar-refractivity contribution in [3.05, 3.63) is 70.7 Å². The number of hydrogen-bond acceptors (Lipinski definition) is 4. The van der Waals surface area contributed by atoms with Crippen LogP contribution < -0.4 is 20.9 Å². The molecule has 0 fully saturated rings. The molecule has 0 aromatic heterocycles. The minimum atomic E-state index is -0.529. The third-order valence-corrected chi connectivity index (χ3v) is 4.78. The molecule has 0 atom stereocenters. The molecule has 3 rings (SSSR count). The van der Waals surface area contributed by atoms with E-state index >= 15 is 0 Å². The zero-order chi connectivity index (χ0) is 22.2. The van der Waals surface area contributed by atoms with Crippen LogP contribution in [0, 0.1) is 0 Å². The zero-order valence-corrected chi connectivity index (χ0v) is 17.8. The van der Waals surface area contributed by atoms with Crippen LogP contribution in [-0.2, 0) is 14.4 Å². The van der Waals surface area contributed by atoms with Gasteiger partial charge >= 0.3 is 0 Å². The Morgan fingerprint density at radius 3 is 2.32 bits per heavy atom. The van der Waals surface area contributed by atoms with Crippen molar-refractivity contribution < 1.29 is 19.1 Å². The van der Waals surface area contributed by atoms with Gasteiger partial charge in [0, 0.05) is 23.3 Å². The lowest BCUT2D eigenvalue weighted by Gasteiger charge is -2.11. The minimum absolute atomic E-state index is 0.0901. The fourth-order valence-corrected chi connectivity index (χ4v) is 3.19. The third-order valence-electron chi connectivity index (χ3n) is 4.23. The van der Waals surface area contributed by atoms with Crippen molar-refractivity contribution in [1.82, 2.24) is 10.9 Å². The van der Waals surface area contributed by atoms with Crippen LogP contribution in [0.15, 0.2) is 60.7 Å². The van der Waals surface area contributed by atoms with Crippen molar-refractivity contribution in [2.45, 2.75) is 12.8 Å². The third kappa shape index (κ3) is 6.60. The van der Waals surface area contributed by atoms with Crippen molar-refractivity contribution in [2.75, 3.05) is 11.9 Å². The Labute approximate surface area is 188 Å². The van der Waals surface area contributed by atoms with Crippen molar-refractivity contribution in [1.29, 1.82) is 0 Å². The molecule has 7 nitrogen and oxygen atoms in total. The Hall–Kier alpha value is -3.29. The molecule has 0 bridgehead atoms. The highest BCUT2D eigenvalue weighted by atomic mass is 35.5. The normalized spacial score (nSPS) is 10.4. The molecule has 0 unspecified atom stereocenters. The van der Waals surface area contributed by atoms with Gasteiger partial charge in [-0.15, -0.1) is 0 Å². The Morgan fingerprint density at radius 1 is 0.806 bits per heavy atom. The van der Waals surface area contributed by atoms with Crippen LogP contribution in [0.25, 0.3) is 10.8 Å². The second-order valence-electron chi connectivity index (χ2n) is 6.53. The number of benzene rings is 3. The average molecular weight is 460 g/mol. The maximum absolute atomic E-state index is 12.0. The van der Waals surface area contributed by atoms with E-state index < -0.39 is 17.7 Å². The number of halogens is 2. The SMILES string of the molecule is O=C(CCC(=O)Nc1ccc(Cl)cc1Cl)NNC(=O)COc1cccc2ccccc12. The van der Waals surface area contributed by atoms with E-state index in [2.05, 4.69) is 16.2 Å². The summed E-state index contributed by atoms with van der Waals surface area (Å²) in [7, 11) is 0. The lowest BCUT2D eigenvalue weighted by Crippen LogP contribution is -2.44. The van der Waals surface area contributed by atoms with E-state index in [0.29, 0.717) is 21.5 Å². The number of anilines is 1. The van der Waals surface area contributed by atoms with Gasteiger partial charge in [-0.05, 0) is 29.7 Å². The summed E-state index contributed by atoms with van der Waals surface area (Å²) in [5.74, 6) is -0.878. The molecule has 0 radical (unpaired) electrons. The number of rotatable bonds is 7. The molecule has 3 N–H and O–H groups in total. The van der Waals surface area contributed by atoms with Gasteiger partial charge in [0.25, 0.3) is 5.91 Å². The molecular weight excluding hydrogens is 441 g/mol. The topological polar surface area (TPSA) is 96.5 Å². The van der Waals surface area contributed by atoms with Crippen molar-refractivity contribution in [3.8, 4) is 5.75 Å². The predicted octanol–water partition coefficient (Wildman–Crippen LogP) is 4.09. The Balaban J connectivity index is 1.39. The minimum Gasteiger partial charge on any atom is -0.483 e. The summed E-state index contributed by atoms with van der Waals surface area (Å²) < 4.78 is 5.55. The van der Waals surface area contributed by atoms with Gasteiger partial charge in [-0.1, -0.05) is 59.6 Å². The quantitative estimate of drug-likeness (QED) is 0.463. The molecule has 160 valence electrons. The Morgan fingerprint density at radius 2 is 1.52 bits per heavy atom. The summed E-state index contributed by atoms with van der Waals surface area (Å²) in [6, 6.07) is 17.8. The molecule has 31 heavy (non-hydrogen) atoms. The smallest absolute Gasteiger partial charge is 0.276 e. The van der Waals surface area contributed by atoms with Crippen LogP contribution in [0.2, 0.25) is 10.0 Å². The number of hydrazine groups is 1. The van der Waals surface area contributed by atoms with E-state index in [9.17, 15) is 14.4 Å². The molecule has 3 aromatic rings. The zero-order valence-electron chi connectivity index (χ0n) is 16.3. The van der Waals surface area contributed by atoms with E-state index in [1.54, 1.807) is 18.2 Å². The Kier molecular flexibility index (Phi) is 7.70. The highest BCUT2D eigenvalue weighted by molar-refractivity contribution is 6.36. The monoisotopic (exact) mass is 459 g/mol. The molecule has 0 saturated heterocycles. The fraction of sp³-hybridized carbons (Fsp3) is 0.136. The molecule has 0 aliphatic carbocycles. The van der Waals surface area contributed by atoms with Gasteiger partial charge in [0.15, 0.2) is 6.61 Å². The van der Waals surface area contributed by atoms with Gasteiger partial charge in [0.05, 0.1) is 10.7 Å². The molecule has 9 heteroatoms. The van der Waals surface area contributed by atoms with Crippen LogP contribution in [0.3, 0.4) is 0 Å². The summed E-state index contributed by atoms with van der Waals surface area (Å²) in [5.41, 5.74) is 4.91. The highest BCUT2D eigenvalue weighted by Gasteiger charge is 2.11.